The number of anilines is 2. The van der Waals surface area contributed by atoms with Crippen molar-refractivity contribution in [1.29, 1.82) is 0 Å². The molecule has 1 aliphatic rings. The second kappa shape index (κ2) is 31.7. The van der Waals surface area contributed by atoms with Crippen LogP contribution in [-0.4, -0.2) is 115 Å². The molecule has 3 atom stereocenters. The van der Waals surface area contributed by atoms with Crippen molar-refractivity contribution >= 4 is 58.0 Å². The molecule has 15 nitrogen and oxygen atoms in total. The minimum Gasteiger partial charge on any atom is -0.491 e. The van der Waals surface area contributed by atoms with Gasteiger partial charge < -0.3 is 48.7 Å². The molecule has 4 aromatic carbocycles. The van der Waals surface area contributed by atoms with E-state index in [1.807, 2.05) is 89.8 Å². The number of fused-ring (bicyclic) bond motifs is 1. The minimum absolute atomic E-state index is 0.00328. The Kier molecular flexibility index (Phi) is 24.5. The first-order valence-electron chi connectivity index (χ1n) is 25.2. The van der Waals surface area contributed by atoms with E-state index in [0.717, 1.165) is 52.9 Å². The highest BCUT2D eigenvalue weighted by atomic mass is 35.5. The SMILES string of the molecule is [C-]#[N+]/C(=C\c1nccs1)C(=O)N[C@@H](CCC)c1ccc(OCCOCCOCCOCCOCCOCCOCCCC(=O)c2ccc(-c3ccc4c(c3)[C@H](Nc3ccc(Cl)cc3)C[C@H](C)N4C(C)=O)cc2)cc1. The summed E-state index contributed by atoms with van der Waals surface area (Å²) in [6.45, 7) is 18.9. The Morgan fingerprint density at radius 1 is 0.797 bits per heavy atom. The number of nitrogens with zero attached hydrogens (tertiary/aromatic N) is 3. The maximum atomic E-state index is 13.0. The van der Waals surface area contributed by atoms with Crippen molar-refractivity contribution in [3.8, 4) is 16.9 Å². The summed E-state index contributed by atoms with van der Waals surface area (Å²) in [5, 5.41) is 9.73. The van der Waals surface area contributed by atoms with E-state index in [1.54, 1.807) is 18.5 Å². The fourth-order valence-electron chi connectivity index (χ4n) is 8.37. The molecule has 0 saturated carbocycles. The number of carbonyl (C=O) groups is 3. The number of Topliss-reactive ketones (excluding diaryl/α,β-unsaturated/α-hetero) is 1. The molecule has 1 aromatic heterocycles. The van der Waals surface area contributed by atoms with Gasteiger partial charge in [0.05, 0.1) is 91.3 Å². The van der Waals surface area contributed by atoms with Crippen LogP contribution in [0.15, 0.2) is 108 Å². The summed E-state index contributed by atoms with van der Waals surface area (Å²) in [6, 6.07) is 28.9. The van der Waals surface area contributed by atoms with Crippen LogP contribution in [0.4, 0.5) is 11.4 Å². The lowest BCUT2D eigenvalue weighted by molar-refractivity contribution is -0.118. The number of aromatic nitrogens is 1. The molecule has 0 unspecified atom stereocenters. The van der Waals surface area contributed by atoms with Crippen molar-refractivity contribution in [1.82, 2.24) is 10.3 Å². The highest BCUT2D eigenvalue weighted by Crippen LogP contribution is 2.41. The topological polar surface area (TPSA) is 160 Å². The molecule has 5 aromatic rings. The monoisotopic (exact) mass is 1050 g/mol. The molecular weight excluding hydrogens is 982 g/mol. The molecule has 0 saturated heterocycles. The van der Waals surface area contributed by atoms with E-state index >= 15 is 0 Å². The predicted octanol–water partition coefficient (Wildman–Crippen LogP) is 10.8. The van der Waals surface area contributed by atoms with E-state index < -0.39 is 5.91 Å². The van der Waals surface area contributed by atoms with Crippen LogP contribution in [0.25, 0.3) is 22.0 Å². The Hall–Kier alpha value is -6.00. The number of hydrogen-bond acceptors (Lipinski definition) is 13. The summed E-state index contributed by atoms with van der Waals surface area (Å²) >= 11 is 7.50. The van der Waals surface area contributed by atoms with Crippen LogP contribution in [0, 0.1) is 6.57 Å². The number of thiazole rings is 1. The molecule has 0 fully saturated rings. The zero-order chi connectivity index (χ0) is 52.3. The van der Waals surface area contributed by atoms with Gasteiger partial charge in [-0.05, 0) is 103 Å². The molecule has 2 heterocycles. The number of halogens is 1. The normalized spacial score (nSPS) is 14.7. The molecule has 74 heavy (non-hydrogen) atoms. The van der Waals surface area contributed by atoms with E-state index in [0.29, 0.717) is 120 Å². The summed E-state index contributed by atoms with van der Waals surface area (Å²) < 4.78 is 39.5. The largest absolute Gasteiger partial charge is 0.491 e. The van der Waals surface area contributed by atoms with E-state index in [-0.39, 0.29) is 35.5 Å². The van der Waals surface area contributed by atoms with Gasteiger partial charge in [0.1, 0.15) is 17.4 Å². The second-order valence-corrected chi connectivity index (χ2v) is 18.8. The number of nitrogens with one attached hydrogen (secondary N) is 2. The van der Waals surface area contributed by atoms with Gasteiger partial charge >= 0.3 is 0 Å². The Morgan fingerprint density at radius 2 is 1.39 bits per heavy atom. The molecule has 394 valence electrons. The van der Waals surface area contributed by atoms with E-state index in [1.165, 1.54) is 17.4 Å². The third-order valence-corrected chi connectivity index (χ3v) is 13.0. The lowest BCUT2D eigenvalue weighted by atomic mass is 9.88. The van der Waals surface area contributed by atoms with Gasteiger partial charge in [0, 0.05) is 59.5 Å². The number of rotatable bonds is 33. The fraction of sp³-hybridized carbons (Fsp3) is 0.421. The van der Waals surface area contributed by atoms with E-state index in [2.05, 4.69) is 40.4 Å². The first-order valence-corrected chi connectivity index (χ1v) is 26.5. The molecular formula is C57H68ClN5O10S. The molecule has 17 heteroatoms. The lowest BCUT2D eigenvalue weighted by Gasteiger charge is -2.39. The highest BCUT2D eigenvalue weighted by molar-refractivity contribution is 7.10. The van der Waals surface area contributed by atoms with Gasteiger partial charge in [-0.25, -0.2) is 9.83 Å². The van der Waals surface area contributed by atoms with Crippen molar-refractivity contribution < 1.29 is 47.5 Å². The predicted molar refractivity (Wildman–Crippen MR) is 290 cm³/mol. The van der Waals surface area contributed by atoms with Crippen LogP contribution in [-0.2, 0) is 38.0 Å². The van der Waals surface area contributed by atoms with Crippen LogP contribution in [0.3, 0.4) is 0 Å². The average molecular weight is 1050 g/mol. The van der Waals surface area contributed by atoms with Crippen molar-refractivity contribution in [3.63, 3.8) is 0 Å². The number of carbonyl (C=O) groups excluding carboxylic acids is 3. The van der Waals surface area contributed by atoms with Gasteiger partial charge in [0.2, 0.25) is 5.91 Å². The quantitative estimate of drug-likeness (QED) is 0.0177. The Bertz CT molecular complexity index is 2560. The van der Waals surface area contributed by atoms with Crippen LogP contribution < -0.4 is 20.3 Å². The summed E-state index contributed by atoms with van der Waals surface area (Å²) in [7, 11) is 0. The summed E-state index contributed by atoms with van der Waals surface area (Å²) in [5.41, 5.74) is 6.51. The third kappa shape index (κ3) is 18.7. The van der Waals surface area contributed by atoms with Gasteiger partial charge in [-0.1, -0.05) is 67.4 Å². The lowest BCUT2D eigenvalue weighted by Crippen LogP contribution is -2.43. The summed E-state index contributed by atoms with van der Waals surface area (Å²) in [6.07, 6.45) is 6.49. The fourth-order valence-corrected chi connectivity index (χ4v) is 9.05. The Balaban J connectivity index is 0.729. The zero-order valence-corrected chi connectivity index (χ0v) is 44.1. The standard InChI is InChI=1S/C57H68ClN5O10S/c1-5-7-51(62-57(66)53(59-4)40-56-60-23-37-74-56)44-13-20-49(21-14-44)73-36-35-72-34-33-71-32-31-70-30-29-69-28-27-68-26-25-67-24-6-8-55(65)45-11-9-43(10-12-45)46-15-22-54-50(39-46)52(38-41(2)63(54)42(3)64)61-48-18-16-47(58)17-19-48/h9-23,37,39-41,51-52,61H,5-8,24-36,38H2,1-3H3,(H,62,66)/b53-40-/t41-,51-,52+/m0/s1. The van der Waals surface area contributed by atoms with Crippen LogP contribution in [0.1, 0.15) is 91.5 Å². The number of benzene rings is 4. The molecule has 0 radical (unpaired) electrons. The van der Waals surface area contributed by atoms with Crippen molar-refractivity contribution in [2.24, 2.45) is 0 Å². The number of ether oxygens (including phenoxy) is 7. The maximum absolute atomic E-state index is 13.0. The molecule has 0 aliphatic carbocycles. The Labute approximate surface area is 444 Å². The molecule has 0 spiro atoms. The van der Waals surface area contributed by atoms with Gasteiger partial charge in [-0.3, -0.25) is 14.4 Å². The van der Waals surface area contributed by atoms with E-state index in [4.69, 9.17) is 51.3 Å². The van der Waals surface area contributed by atoms with Crippen LogP contribution in [0.2, 0.25) is 5.02 Å². The van der Waals surface area contributed by atoms with Gasteiger partial charge in [0.15, 0.2) is 5.78 Å². The number of hydrogen-bond donors (Lipinski definition) is 2. The molecule has 2 N–H and O–H groups in total. The first-order chi connectivity index (χ1) is 36.1. The van der Waals surface area contributed by atoms with Crippen LogP contribution >= 0.6 is 22.9 Å². The zero-order valence-electron chi connectivity index (χ0n) is 42.6. The smallest absolute Gasteiger partial charge is 0.252 e. The van der Waals surface area contributed by atoms with Crippen molar-refractivity contribution in [3.05, 3.63) is 146 Å². The number of amides is 2. The summed E-state index contributed by atoms with van der Waals surface area (Å²) in [4.78, 5) is 47.9. The molecule has 6 rings (SSSR count). The minimum atomic E-state index is -0.421. The first kappa shape index (κ1) is 57.3. The number of ketones is 1. The van der Waals surface area contributed by atoms with Gasteiger partial charge in [-0.15, -0.1) is 11.3 Å². The molecule has 1 aliphatic heterocycles. The van der Waals surface area contributed by atoms with Gasteiger partial charge in [-0.2, -0.15) is 0 Å². The van der Waals surface area contributed by atoms with E-state index in [9.17, 15) is 14.4 Å². The molecule has 2 amide bonds. The summed E-state index contributed by atoms with van der Waals surface area (Å²) in [5.74, 6) is 0.354. The van der Waals surface area contributed by atoms with Crippen LogP contribution in [0.5, 0.6) is 5.75 Å². The molecule has 0 bridgehead atoms. The average Bonchev–Trinajstić information content (AvgIpc) is 3.93. The maximum Gasteiger partial charge on any atom is 0.252 e. The van der Waals surface area contributed by atoms with Gasteiger partial charge in [0.25, 0.3) is 11.6 Å². The Morgan fingerprint density at radius 3 is 1.96 bits per heavy atom. The van der Waals surface area contributed by atoms with Crippen molar-refractivity contribution in [2.75, 3.05) is 96.1 Å². The third-order valence-electron chi connectivity index (χ3n) is 12.0. The second-order valence-electron chi connectivity index (χ2n) is 17.5. The van der Waals surface area contributed by atoms with Crippen molar-refractivity contribution in [2.45, 2.75) is 71.0 Å². The highest BCUT2D eigenvalue weighted by Gasteiger charge is 2.33.